The molecule has 8 nitrogen and oxygen atoms in total. The highest BCUT2D eigenvalue weighted by Crippen LogP contribution is 2.42. The second-order valence-corrected chi connectivity index (χ2v) is 8.33. The molecule has 2 fully saturated rings. The first-order valence-electron chi connectivity index (χ1n) is 10.8. The van der Waals surface area contributed by atoms with Crippen LogP contribution in [0.25, 0.3) is 0 Å². The number of hydrogen-bond acceptors (Lipinski definition) is 7. The molecule has 1 aliphatic carbocycles. The summed E-state index contributed by atoms with van der Waals surface area (Å²) < 4.78 is 21.2. The molecule has 1 aliphatic heterocycles. The molecule has 0 radical (unpaired) electrons. The van der Waals surface area contributed by atoms with Gasteiger partial charge in [-0.05, 0) is 32.6 Å². The van der Waals surface area contributed by atoms with Crippen LogP contribution < -0.4 is 0 Å². The number of hydrogen-bond donors (Lipinski definition) is 2. The fourth-order valence-electron chi connectivity index (χ4n) is 3.72. The van der Waals surface area contributed by atoms with Crippen LogP contribution in [0.2, 0.25) is 0 Å². The number of carboxylic acid groups (broad SMARTS) is 1. The summed E-state index contributed by atoms with van der Waals surface area (Å²) in [5, 5.41) is 19.3. The molecule has 4 unspecified atom stereocenters. The molecule has 8 heteroatoms. The van der Waals surface area contributed by atoms with E-state index in [1.165, 1.54) is 0 Å². The number of aliphatic hydroxyl groups excluding tert-OH is 1. The molecular weight excluding hydrogens is 380 g/mol. The normalized spacial score (nSPS) is 27.4. The minimum atomic E-state index is -1.03. The van der Waals surface area contributed by atoms with Crippen molar-refractivity contribution in [1.29, 1.82) is 0 Å². The number of aliphatic carboxylic acids is 1. The van der Waals surface area contributed by atoms with Gasteiger partial charge in [-0.1, -0.05) is 25.7 Å². The monoisotopic (exact) mass is 416 g/mol. The zero-order chi connectivity index (χ0) is 21.1. The van der Waals surface area contributed by atoms with Crippen LogP contribution in [0.3, 0.4) is 0 Å². The molecule has 2 N–H and O–H groups in total. The number of carbonyl (C=O) groups is 2. The van der Waals surface area contributed by atoms with Crippen molar-refractivity contribution >= 4 is 11.9 Å². The predicted molar refractivity (Wildman–Crippen MR) is 105 cm³/mol. The van der Waals surface area contributed by atoms with Gasteiger partial charge in [0.2, 0.25) is 0 Å². The second kappa shape index (κ2) is 12.5. The quantitative estimate of drug-likeness (QED) is 0.237. The first-order chi connectivity index (χ1) is 13.9. The van der Waals surface area contributed by atoms with Gasteiger partial charge in [0.05, 0.1) is 31.2 Å². The molecule has 0 aromatic heterocycles. The van der Waals surface area contributed by atoms with Crippen molar-refractivity contribution in [3.05, 3.63) is 0 Å². The third-order valence-corrected chi connectivity index (χ3v) is 5.72. The molecule has 0 aromatic rings. The highest BCUT2D eigenvalue weighted by Gasteiger charge is 2.48. The van der Waals surface area contributed by atoms with Gasteiger partial charge < -0.3 is 29.2 Å². The Morgan fingerprint density at radius 3 is 2.45 bits per heavy atom. The number of carboxylic acids is 1. The summed E-state index contributed by atoms with van der Waals surface area (Å²) in [4.78, 5) is 23.9. The van der Waals surface area contributed by atoms with Crippen molar-refractivity contribution in [2.45, 2.75) is 70.5 Å². The summed E-state index contributed by atoms with van der Waals surface area (Å²) in [7, 11) is 0. The minimum Gasteiger partial charge on any atom is -0.481 e. The Morgan fingerprint density at radius 1 is 1.10 bits per heavy atom. The molecule has 1 heterocycles. The Morgan fingerprint density at radius 2 is 1.79 bits per heavy atom. The SMILES string of the molecule is CC1(C(=O)OCC(O)COCCCCCCOCC2CO2)CCCCC1C(=O)O. The van der Waals surface area contributed by atoms with Gasteiger partial charge in [-0.25, -0.2) is 0 Å². The van der Waals surface area contributed by atoms with Gasteiger partial charge >= 0.3 is 11.9 Å². The topological polar surface area (TPSA) is 115 Å². The summed E-state index contributed by atoms with van der Waals surface area (Å²) in [6.07, 6.45) is 6.01. The molecule has 2 rings (SSSR count). The number of epoxide rings is 1. The number of unbranched alkanes of at least 4 members (excludes halogenated alkanes) is 3. The fraction of sp³-hybridized carbons (Fsp3) is 0.905. The van der Waals surface area contributed by atoms with E-state index in [9.17, 15) is 19.8 Å². The predicted octanol–water partition coefficient (Wildman–Crippen LogP) is 2.16. The molecule has 0 amide bonds. The summed E-state index contributed by atoms with van der Waals surface area (Å²) in [6.45, 7) is 4.39. The van der Waals surface area contributed by atoms with Gasteiger partial charge in [0.15, 0.2) is 0 Å². The standard InChI is InChI=1S/C21H36O8/c1-21(9-5-4-8-18(21)19(23)24)20(25)29-13-16(22)12-26-10-6-2-3-7-11-27-14-17-15-28-17/h16-18,22H,2-15H2,1H3,(H,23,24). The maximum atomic E-state index is 12.4. The molecule has 4 atom stereocenters. The average Bonchev–Trinajstić information content (AvgIpc) is 3.52. The summed E-state index contributed by atoms with van der Waals surface area (Å²) >= 11 is 0. The van der Waals surface area contributed by atoms with Crippen LogP contribution in [0.1, 0.15) is 58.3 Å². The molecule has 168 valence electrons. The van der Waals surface area contributed by atoms with E-state index in [1.807, 2.05) is 0 Å². The molecule has 1 saturated heterocycles. The summed E-state index contributed by atoms with van der Waals surface area (Å²) in [5.41, 5.74) is -1.03. The smallest absolute Gasteiger partial charge is 0.312 e. The molecule has 2 aliphatic rings. The van der Waals surface area contributed by atoms with Gasteiger partial charge in [0.25, 0.3) is 0 Å². The van der Waals surface area contributed by atoms with Gasteiger partial charge in [-0.15, -0.1) is 0 Å². The molecule has 0 spiro atoms. The first kappa shape index (κ1) is 24.1. The van der Waals surface area contributed by atoms with Crippen LogP contribution in [-0.4, -0.2) is 74.0 Å². The van der Waals surface area contributed by atoms with Gasteiger partial charge in [0.1, 0.15) is 18.8 Å². The maximum Gasteiger partial charge on any atom is 0.312 e. The van der Waals surface area contributed by atoms with Crippen molar-refractivity contribution in [3.63, 3.8) is 0 Å². The van der Waals surface area contributed by atoms with E-state index in [0.29, 0.717) is 32.2 Å². The lowest BCUT2D eigenvalue weighted by Crippen LogP contribution is -2.44. The van der Waals surface area contributed by atoms with Crippen LogP contribution in [0.4, 0.5) is 0 Å². The Kier molecular flexibility index (Phi) is 10.3. The Labute approximate surface area is 172 Å². The van der Waals surface area contributed by atoms with Gasteiger partial charge in [0, 0.05) is 13.2 Å². The van der Waals surface area contributed by atoms with Crippen LogP contribution in [0.5, 0.6) is 0 Å². The number of esters is 1. The van der Waals surface area contributed by atoms with E-state index in [2.05, 4.69) is 0 Å². The first-order valence-corrected chi connectivity index (χ1v) is 10.8. The minimum absolute atomic E-state index is 0.0941. The van der Waals surface area contributed by atoms with Crippen molar-refractivity contribution < 1.29 is 38.7 Å². The van der Waals surface area contributed by atoms with E-state index < -0.39 is 29.4 Å². The van der Waals surface area contributed by atoms with Gasteiger partial charge in [-0.3, -0.25) is 9.59 Å². The van der Waals surface area contributed by atoms with Crippen molar-refractivity contribution in [2.24, 2.45) is 11.3 Å². The van der Waals surface area contributed by atoms with E-state index in [-0.39, 0.29) is 13.2 Å². The summed E-state index contributed by atoms with van der Waals surface area (Å²) in [6, 6.07) is 0. The number of ether oxygens (including phenoxy) is 4. The highest BCUT2D eigenvalue weighted by atomic mass is 16.6. The van der Waals surface area contributed by atoms with E-state index >= 15 is 0 Å². The van der Waals surface area contributed by atoms with Crippen LogP contribution in [0, 0.1) is 11.3 Å². The number of carbonyl (C=O) groups excluding carboxylic acids is 1. The maximum absolute atomic E-state index is 12.4. The van der Waals surface area contributed by atoms with Gasteiger partial charge in [-0.2, -0.15) is 0 Å². The second-order valence-electron chi connectivity index (χ2n) is 8.33. The molecular formula is C21H36O8. The zero-order valence-electron chi connectivity index (χ0n) is 17.5. The molecule has 29 heavy (non-hydrogen) atoms. The van der Waals surface area contributed by atoms with Crippen LogP contribution >= 0.6 is 0 Å². The Bertz CT molecular complexity index is 507. The van der Waals surface area contributed by atoms with Crippen molar-refractivity contribution in [1.82, 2.24) is 0 Å². The third-order valence-electron chi connectivity index (χ3n) is 5.72. The summed E-state index contributed by atoms with van der Waals surface area (Å²) in [5.74, 6) is -2.24. The average molecular weight is 417 g/mol. The molecule has 0 aromatic carbocycles. The number of aliphatic hydroxyl groups is 1. The lowest BCUT2D eigenvalue weighted by Gasteiger charge is -2.36. The van der Waals surface area contributed by atoms with Crippen LogP contribution in [0.15, 0.2) is 0 Å². The lowest BCUT2D eigenvalue weighted by atomic mass is 9.67. The van der Waals surface area contributed by atoms with E-state index in [0.717, 1.165) is 51.7 Å². The largest absolute Gasteiger partial charge is 0.481 e. The molecule has 0 bridgehead atoms. The van der Waals surface area contributed by atoms with E-state index in [1.54, 1.807) is 6.92 Å². The van der Waals surface area contributed by atoms with E-state index in [4.69, 9.17) is 18.9 Å². The number of rotatable bonds is 15. The van der Waals surface area contributed by atoms with Crippen molar-refractivity contribution in [2.75, 3.05) is 39.6 Å². The van der Waals surface area contributed by atoms with Crippen molar-refractivity contribution in [3.8, 4) is 0 Å². The lowest BCUT2D eigenvalue weighted by molar-refractivity contribution is -0.171. The Balaban J connectivity index is 1.48. The highest BCUT2D eigenvalue weighted by molar-refractivity contribution is 5.84. The van der Waals surface area contributed by atoms with Crippen LogP contribution in [-0.2, 0) is 28.5 Å². The Hall–Kier alpha value is -1.22. The fourth-order valence-corrected chi connectivity index (χ4v) is 3.72. The molecule has 1 saturated carbocycles. The third kappa shape index (κ3) is 8.58. The zero-order valence-corrected chi connectivity index (χ0v) is 17.5.